The zero-order valence-corrected chi connectivity index (χ0v) is 21.1. The summed E-state index contributed by atoms with van der Waals surface area (Å²) in [6.07, 6.45) is 1.11. The van der Waals surface area contributed by atoms with E-state index in [1.165, 1.54) is 16.5 Å². The number of imidazole rings is 1. The first-order valence-corrected chi connectivity index (χ1v) is 12.7. The fourth-order valence-corrected chi connectivity index (χ4v) is 4.62. The molecule has 11 heteroatoms. The number of aliphatic hydroxyl groups is 1. The number of β-amino-alcohol motifs (C(OH)–C–C–N with tert-alkyl or cyclic N) is 1. The molecule has 3 N–H and O–H groups in total. The van der Waals surface area contributed by atoms with E-state index in [9.17, 15) is 19.5 Å². The zero-order chi connectivity index (χ0) is 25.7. The second-order valence-electron chi connectivity index (χ2n) is 8.79. The van der Waals surface area contributed by atoms with Gasteiger partial charge in [-0.2, -0.15) is 0 Å². The lowest BCUT2D eigenvalue weighted by molar-refractivity contribution is -0.141. The summed E-state index contributed by atoms with van der Waals surface area (Å²) < 4.78 is 6.24. The number of pyridine rings is 1. The van der Waals surface area contributed by atoms with Crippen LogP contribution in [-0.2, 0) is 35.0 Å². The number of rotatable bonds is 10. The molecule has 0 radical (unpaired) electrons. The molecule has 0 spiro atoms. The quantitative estimate of drug-likeness (QED) is 0.353. The van der Waals surface area contributed by atoms with Crippen molar-refractivity contribution in [1.82, 2.24) is 24.3 Å². The van der Waals surface area contributed by atoms with Crippen molar-refractivity contribution >= 4 is 29.4 Å². The number of carbonyl (C=O) groups excluding carboxylic acids is 2. The van der Waals surface area contributed by atoms with Gasteiger partial charge in [0.25, 0.3) is 5.56 Å². The van der Waals surface area contributed by atoms with E-state index in [0.717, 1.165) is 11.3 Å². The average Bonchev–Trinajstić information content (AvgIpc) is 3.19. The molecule has 0 saturated carbocycles. The van der Waals surface area contributed by atoms with Crippen LogP contribution in [0.25, 0.3) is 0 Å². The number of hydrogen-bond acceptors (Lipinski definition) is 7. The van der Waals surface area contributed by atoms with E-state index < -0.39 is 6.10 Å². The molecule has 4 rings (SSSR count). The summed E-state index contributed by atoms with van der Waals surface area (Å²) in [7, 11) is 0. The van der Waals surface area contributed by atoms with Gasteiger partial charge in [-0.25, -0.2) is 4.98 Å². The van der Waals surface area contributed by atoms with Gasteiger partial charge in [-0.05, 0) is 43.5 Å². The second kappa shape index (κ2) is 11.4. The van der Waals surface area contributed by atoms with Crippen LogP contribution in [0.3, 0.4) is 0 Å². The number of aryl methyl sites for hydroxylation is 2. The predicted molar refractivity (Wildman–Crippen MR) is 138 cm³/mol. The first-order chi connectivity index (χ1) is 17.3. The summed E-state index contributed by atoms with van der Waals surface area (Å²) in [5.74, 6) is 0.267. The number of nitrogens with one attached hydrogen (secondary N) is 2. The molecule has 1 aromatic carbocycles. The van der Waals surface area contributed by atoms with Gasteiger partial charge in [-0.15, -0.1) is 0 Å². The Hall–Kier alpha value is -3.57. The van der Waals surface area contributed by atoms with E-state index in [0.29, 0.717) is 35.9 Å². The maximum absolute atomic E-state index is 13.0. The highest BCUT2D eigenvalue weighted by Gasteiger charge is 2.29. The number of aromatic nitrogens is 3. The summed E-state index contributed by atoms with van der Waals surface area (Å²) in [6, 6.07) is 13.5. The van der Waals surface area contributed by atoms with Gasteiger partial charge in [-0.3, -0.25) is 14.4 Å². The monoisotopic (exact) mass is 510 g/mol. The maximum atomic E-state index is 13.0. The minimum absolute atomic E-state index is 0.0890. The summed E-state index contributed by atoms with van der Waals surface area (Å²) in [5, 5.41) is 12.3. The van der Waals surface area contributed by atoms with Crippen LogP contribution >= 0.6 is 11.9 Å². The average molecular weight is 511 g/mol. The molecule has 1 aliphatic rings. The van der Waals surface area contributed by atoms with Gasteiger partial charge in [0, 0.05) is 24.5 Å². The third kappa shape index (κ3) is 6.16. The van der Waals surface area contributed by atoms with E-state index in [-0.39, 0.29) is 37.0 Å². The number of amides is 2. The molecule has 36 heavy (non-hydrogen) atoms. The van der Waals surface area contributed by atoms with Crippen LogP contribution in [0, 0.1) is 13.8 Å². The van der Waals surface area contributed by atoms with Crippen molar-refractivity contribution in [3.63, 3.8) is 0 Å². The maximum Gasteiger partial charge on any atom is 0.275 e. The molecule has 1 saturated heterocycles. The Kier molecular flexibility index (Phi) is 8.11. The molecule has 0 unspecified atom stereocenters. The van der Waals surface area contributed by atoms with Crippen molar-refractivity contribution in [3.8, 4) is 0 Å². The third-order valence-electron chi connectivity index (χ3n) is 6.09. The number of benzene rings is 1. The fraction of sp³-hybridized carbons (Fsp3) is 0.360. The van der Waals surface area contributed by atoms with Gasteiger partial charge >= 0.3 is 0 Å². The number of likely N-dealkylation sites (tertiary alicyclic amines) is 1. The van der Waals surface area contributed by atoms with Crippen LogP contribution < -0.4 is 15.6 Å². The Balaban J connectivity index is 1.34. The molecule has 3 heterocycles. The molecule has 0 bridgehead atoms. The van der Waals surface area contributed by atoms with Crippen molar-refractivity contribution < 1.29 is 14.7 Å². The van der Waals surface area contributed by atoms with Crippen LogP contribution in [0.2, 0.25) is 0 Å². The van der Waals surface area contributed by atoms with Gasteiger partial charge in [0.15, 0.2) is 0 Å². The summed E-state index contributed by atoms with van der Waals surface area (Å²) >= 11 is 1.41. The summed E-state index contributed by atoms with van der Waals surface area (Å²) in [4.78, 5) is 43.9. The van der Waals surface area contributed by atoms with E-state index in [2.05, 4.69) is 15.0 Å². The number of anilines is 1. The van der Waals surface area contributed by atoms with Gasteiger partial charge in [0.2, 0.25) is 11.8 Å². The summed E-state index contributed by atoms with van der Waals surface area (Å²) in [5.41, 5.74) is 3.39. The van der Waals surface area contributed by atoms with E-state index in [4.69, 9.17) is 0 Å². The number of aliphatic hydroxyl groups excluding tert-OH is 1. The number of hydrogen-bond donors (Lipinski definition) is 3. The van der Waals surface area contributed by atoms with Crippen molar-refractivity contribution in [2.45, 2.75) is 45.3 Å². The lowest BCUT2D eigenvalue weighted by Crippen LogP contribution is -2.54. The molecule has 0 atom stereocenters. The van der Waals surface area contributed by atoms with Gasteiger partial charge in [-0.1, -0.05) is 30.3 Å². The molecule has 1 aliphatic heterocycles. The number of nitrogens with zero attached hydrogens (tertiary/aromatic N) is 4. The molecule has 1 fully saturated rings. The second-order valence-corrected chi connectivity index (χ2v) is 9.57. The Morgan fingerprint density at radius 2 is 1.86 bits per heavy atom. The minimum atomic E-state index is -0.458. The lowest BCUT2D eigenvalue weighted by atomic mass is 10.2. The SMILES string of the molecule is Cc1ncn(CC(=O)N2CC(O)C2)c1CNC(=O)Cn1c(C)ccc(NSCc2ccccc2)c1=O. The highest BCUT2D eigenvalue weighted by atomic mass is 32.2. The summed E-state index contributed by atoms with van der Waals surface area (Å²) in [6.45, 7) is 4.42. The Morgan fingerprint density at radius 1 is 1.11 bits per heavy atom. The fourth-order valence-electron chi connectivity index (χ4n) is 3.88. The van der Waals surface area contributed by atoms with E-state index in [1.807, 2.05) is 37.3 Å². The highest BCUT2D eigenvalue weighted by molar-refractivity contribution is 7.99. The normalized spacial score (nSPS) is 13.4. The minimum Gasteiger partial charge on any atom is -0.389 e. The van der Waals surface area contributed by atoms with Gasteiger partial charge < -0.3 is 29.2 Å². The topological polar surface area (TPSA) is 121 Å². The molecule has 0 aliphatic carbocycles. The third-order valence-corrected chi connectivity index (χ3v) is 6.93. The van der Waals surface area contributed by atoms with Crippen LogP contribution in [0.4, 0.5) is 5.69 Å². The predicted octanol–water partition coefficient (Wildman–Crippen LogP) is 1.44. The lowest BCUT2D eigenvalue weighted by Gasteiger charge is -2.36. The molecule has 2 amide bonds. The van der Waals surface area contributed by atoms with Crippen molar-refractivity contribution in [1.29, 1.82) is 0 Å². The molecule has 3 aromatic rings. The van der Waals surface area contributed by atoms with Gasteiger partial charge in [0.05, 0.1) is 30.4 Å². The van der Waals surface area contributed by atoms with Crippen molar-refractivity contribution in [3.05, 3.63) is 81.8 Å². The van der Waals surface area contributed by atoms with Crippen LogP contribution in [-0.4, -0.2) is 55.1 Å². The van der Waals surface area contributed by atoms with Crippen LogP contribution in [0.5, 0.6) is 0 Å². The first kappa shape index (κ1) is 25.5. The number of carbonyl (C=O) groups is 2. The molecular formula is C25H30N6O4S. The Bertz CT molecular complexity index is 1280. The Labute approximate surface area is 213 Å². The van der Waals surface area contributed by atoms with Gasteiger partial charge in [0.1, 0.15) is 18.8 Å². The molecule has 190 valence electrons. The molecule has 2 aromatic heterocycles. The highest BCUT2D eigenvalue weighted by Crippen LogP contribution is 2.15. The van der Waals surface area contributed by atoms with Crippen molar-refractivity contribution in [2.75, 3.05) is 17.8 Å². The van der Waals surface area contributed by atoms with Crippen LogP contribution in [0.15, 0.2) is 53.6 Å². The van der Waals surface area contributed by atoms with E-state index >= 15 is 0 Å². The van der Waals surface area contributed by atoms with E-state index in [1.54, 1.807) is 34.9 Å². The smallest absolute Gasteiger partial charge is 0.275 e. The van der Waals surface area contributed by atoms with Crippen molar-refractivity contribution in [2.24, 2.45) is 0 Å². The Morgan fingerprint density at radius 3 is 2.58 bits per heavy atom. The standard InChI is InChI=1S/C25H30N6O4S/c1-17-8-9-21(28-36-15-19-6-4-3-5-7-19)25(35)31(17)13-23(33)26-10-22-18(2)27-16-30(22)14-24(34)29-11-20(32)12-29/h3-9,16,20,28,32H,10-15H2,1-2H3,(H,26,33). The molecular weight excluding hydrogens is 480 g/mol. The largest absolute Gasteiger partial charge is 0.389 e. The first-order valence-electron chi connectivity index (χ1n) is 11.7. The molecule has 10 nitrogen and oxygen atoms in total. The van der Waals surface area contributed by atoms with Crippen LogP contribution in [0.1, 0.15) is 22.6 Å². The zero-order valence-electron chi connectivity index (χ0n) is 20.3.